The Bertz CT molecular complexity index is 413. The third-order valence-electron chi connectivity index (χ3n) is 5.04. The lowest BCUT2D eigenvalue weighted by Gasteiger charge is -2.34. The summed E-state index contributed by atoms with van der Waals surface area (Å²) in [5.74, 6) is 7.53. The summed E-state index contributed by atoms with van der Waals surface area (Å²) in [6.07, 6.45) is 10.6. The molecule has 3 N–H and O–H groups in total. The molecule has 0 saturated heterocycles. The van der Waals surface area contributed by atoms with Crippen LogP contribution in [0.15, 0.2) is 28.7 Å². The summed E-state index contributed by atoms with van der Waals surface area (Å²) in [5.41, 5.74) is 4.44. The molecule has 2 nitrogen and oxygen atoms in total. The number of unbranched alkanes of at least 4 members (excludes halogenated alkanes) is 1. The van der Waals surface area contributed by atoms with Gasteiger partial charge in [0, 0.05) is 10.5 Å². The van der Waals surface area contributed by atoms with Crippen LogP contribution in [0, 0.1) is 11.8 Å². The second-order valence-electron chi connectivity index (χ2n) is 6.49. The van der Waals surface area contributed by atoms with Gasteiger partial charge < -0.3 is 0 Å². The molecular formula is C18H29BrN2. The van der Waals surface area contributed by atoms with E-state index < -0.39 is 0 Å². The van der Waals surface area contributed by atoms with Crippen molar-refractivity contribution in [2.75, 3.05) is 0 Å². The fourth-order valence-corrected chi connectivity index (χ4v) is 4.08. The van der Waals surface area contributed by atoms with Crippen LogP contribution in [0.25, 0.3) is 0 Å². The van der Waals surface area contributed by atoms with Crippen molar-refractivity contribution in [3.05, 3.63) is 34.3 Å². The summed E-state index contributed by atoms with van der Waals surface area (Å²) in [6.45, 7) is 2.29. The molecule has 0 aromatic heterocycles. The molecule has 1 unspecified atom stereocenters. The van der Waals surface area contributed by atoms with Gasteiger partial charge in [-0.25, -0.2) is 0 Å². The van der Waals surface area contributed by atoms with E-state index in [1.54, 1.807) is 0 Å². The predicted octanol–water partition coefficient (Wildman–Crippen LogP) is 4.82. The molecule has 0 amide bonds. The summed E-state index contributed by atoms with van der Waals surface area (Å²) < 4.78 is 1.20. The monoisotopic (exact) mass is 352 g/mol. The molecule has 1 saturated carbocycles. The minimum atomic E-state index is 0.399. The molecular weight excluding hydrogens is 324 g/mol. The van der Waals surface area contributed by atoms with Gasteiger partial charge in [0.05, 0.1) is 0 Å². The van der Waals surface area contributed by atoms with E-state index in [1.807, 2.05) is 0 Å². The average molecular weight is 353 g/mol. The Labute approximate surface area is 138 Å². The Morgan fingerprint density at radius 2 is 1.95 bits per heavy atom. The molecule has 1 aliphatic rings. The lowest BCUT2D eigenvalue weighted by atomic mass is 9.76. The second-order valence-corrected chi connectivity index (χ2v) is 7.35. The first kappa shape index (κ1) is 17.0. The Kier molecular flexibility index (Phi) is 7.21. The fourth-order valence-electron chi connectivity index (χ4n) is 3.63. The molecule has 1 aliphatic carbocycles. The standard InChI is InChI=1S/C18H29BrN2/c1-2-3-6-14-9-11-15(12-10-14)18(21-20)13-16-7-4-5-8-17(16)19/h4-5,7-8,14-15,18,21H,2-3,6,9-13,20H2,1H3. The van der Waals surface area contributed by atoms with Gasteiger partial charge >= 0.3 is 0 Å². The van der Waals surface area contributed by atoms with Crippen molar-refractivity contribution in [1.29, 1.82) is 0 Å². The zero-order valence-electron chi connectivity index (χ0n) is 13.2. The van der Waals surface area contributed by atoms with Crippen LogP contribution in [0.3, 0.4) is 0 Å². The Morgan fingerprint density at radius 3 is 2.57 bits per heavy atom. The maximum Gasteiger partial charge on any atom is 0.0279 e. The summed E-state index contributed by atoms with van der Waals surface area (Å²) in [4.78, 5) is 0. The normalized spacial score (nSPS) is 24.0. The van der Waals surface area contributed by atoms with Gasteiger partial charge in [-0.2, -0.15) is 0 Å². The summed E-state index contributed by atoms with van der Waals surface area (Å²) in [7, 11) is 0. The van der Waals surface area contributed by atoms with E-state index in [2.05, 4.69) is 52.5 Å². The second kappa shape index (κ2) is 8.92. The Hall–Kier alpha value is -0.380. The number of rotatable bonds is 7. The summed E-state index contributed by atoms with van der Waals surface area (Å²) in [5, 5.41) is 0. The van der Waals surface area contributed by atoms with E-state index in [1.165, 1.54) is 55.0 Å². The average Bonchev–Trinajstić information content (AvgIpc) is 2.53. The molecule has 0 aliphatic heterocycles. The largest absolute Gasteiger partial charge is 0.271 e. The molecule has 1 atom stereocenters. The van der Waals surface area contributed by atoms with E-state index in [0.717, 1.165) is 18.3 Å². The molecule has 21 heavy (non-hydrogen) atoms. The van der Waals surface area contributed by atoms with Gasteiger partial charge in [-0.15, -0.1) is 0 Å². The highest BCUT2D eigenvalue weighted by molar-refractivity contribution is 9.10. The van der Waals surface area contributed by atoms with Gasteiger partial charge in [-0.05, 0) is 42.7 Å². The highest BCUT2D eigenvalue weighted by atomic mass is 79.9. The predicted molar refractivity (Wildman–Crippen MR) is 93.9 cm³/mol. The number of halogens is 1. The number of benzene rings is 1. The van der Waals surface area contributed by atoms with Crippen LogP contribution in [0.1, 0.15) is 57.4 Å². The molecule has 3 heteroatoms. The first-order valence-electron chi connectivity index (χ1n) is 8.44. The van der Waals surface area contributed by atoms with Crippen LogP contribution >= 0.6 is 15.9 Å². The van der Waals surface area contributed by atoms with Gasteiger partial charge in [0.25, 0.3) is 0 Å². The van der Waals surface area contributed by atoms with Crippen LogP contribution in [0.4, 0.5) is 0 Å². The van der Waals surface area contributed by atoms with Crippen molar-refractivity contribution in [2.24, 2.45) is 17.7 Å². The summed E-state index contributed by atoms with van der Waals surface area (Å²) in [6, 6.07) is 8.88. The maximum atomic E-state index is 5.85. The van der Waals surface area contributed by atoms with Crippen molar-refractivity contribution in [3.63, 3.8) is 0 Å². The number of nitrogens with one attached hydrogen (secondary N) is 1. The minimum Gasteiger partial charge on any atom is -0.271 e. The molecule has 1 aromatic carbocycles. The van der Waals surface area contributed by atoms with Gasteiger partial charge in [0.2, 0.25) is 0 Å². The topological polar surface area (TPSA) is 38.0 Å². The lowest BCUT2D eigenvalue weighted by molar-refractivity contribution is 0.211. The molecule has 0 bridgehead atoms. The molecule has 118 valence electrons. The highest BCUT2D eigenvalue weighted by Crippen LogP contribution is 2.34. The quantitative estimate of drug-likeness (QED) is 0.545. The third-order valence-corrected chi connectivity index (χ3v) is 5.81. The van der Waals surface area contributed by atoms with Crippen molar-refractivity contribution < 1.29 is 0 Å². The lowest BCUT2D eigenvalue weighted by Crippen LogP contribution is -2.43. The van der Waals surface area contributed by atoms with Crippen LogP contribution < -0.4 is 11.3 Å². The smallest absolute Gasteiger partial charge is 0.0279 e. The molecule has 1 fully saturated rings. The van der Waals surface area contributed by atoms with E-state index in [9.17, 15) is 0 Å². The van der Waals surface area contributed by atoms with Crippen molar-refractivity contribution in [2.45, 2.75) is 64.3 Å². The van der Waals surface area contributed by atoms with Crippen molar-refractivity contribution in [3.8, 4) is 0 Å². The van der Waals surface area contributed by atoms with Gasteiger partial charge in [0.1, 0.15) is 0 Å². The van der Waals surface area contributed by atoms with E-state index in [-0.39, 0.29) is 0 Å². The van der Waals surface area contributed by atoms with Crippen molar-refractivity contribution >= 4 is 15.9 Å². The van der Waals surface area contributed by atoms with Crippen LogP contribution in [-0.2, 0) is 6.42 Å². The number of nitrogens with two attached hydrogens (primary N) is 1. The summed E-state index contributed by atoms with van der Waals surface area (Å²) >= 11 is 3.65. The minimum absolute atomic E-state index is 0.399. The maximum absolute atomic E-state index is 5.85. The number of hydrazine groups is 1. The van der Waals surface area contributed by atoms with Crippen LogP contribution in [-0.4, -0.2) is 6.04 Å². The molecule has 0 radical (unpaired) electrons. The first-order chi connectivity index (χ1) is 10.2. The molecule has 1 aromatic rings. The van der Waals surface area contributed by atoms with E-state index >= 15 is 0 Å². The Balaban J connectivity index is 1.86. The van der Waals surface area contributed by atoms with E-state index in [4.69, 9.17) is 5.84 Å². The molecule has 2 rings (SSSR count). The third kappa shape index (κ3) is 5.08. The van der Waals surface area contributed by atoms with Crippen LogP contribution in [0.5, 0.6) is 0 Å². The van der Waals surface area contributed by atoms with Gasteiger partial charge in [-0.1, -0.05) is 73.2 Å². The molecule has 0 spiro atoms. The van der Waals surface area contributed by atoms with Crippen molar-refractivity contribution in [1.82, 2.24) is 5.43 Å². The molecule has 0 heterocycles. The van der Waals surface area contributed by atoms with Gasteiger partial charge in [0.15, 0.2) is 0 Å². The zero-order chi connectivity index (χ0) is 15.1. The first-order valence-corrected chi connectivity index (χ1v) is 9.23. The SMILES string of the molecule is CCCCC1CCC(C(Cc2ccccc2Br)NN)CC1. The highest BCUT2D eigenvalue weighted by Gasteiger charge is 2.27. The number of hydrogen-bond acceptors (Lipinski definition) is 2. The Morgan fingerprint density at radius 1 is 1.24 bits per heavy atom. The number of hydrogen-bond donors (Lipinski definition) is 2. The fraction of sp³-hybridized carbons (Fsp3) is 0.667. The van der Waals surface area contributed by atoms with E-state index in [0.29, 0.717) is 6.04 Å². The van der Waals surface area contributed by atoms with Gasteiger partial charge in [-0.3, -0.25) is 11.3 Å². The van der Waals surface area contributed by atoms with Crippen LogP contribution in [0.2, 0.25) is 0 Å². The zero-order valence-corrected chi connectivity index (χ0v) is 14.7.